The number of piperidine rings is 1. The Hall–Kier alpha value is -2.94. The van der Waals surface area contributed by atoms with Crippen molar-refractivity contribution in [2.75, 3.05) is 18.4 Å². The number of carbonyl (C=O) groups is 1. The van der Waals surface area contributed by atoms with Crippen molar-refractivity contribution in [1.82, 2.24) is 19.9 Å². The van der Waals surface area contributed by atoms with Crippen molar-refractivity contribution in [1.29, 1.82) is 0 Å². The molecule has 3 heterocycles. The van der Waals surface area contributed by atoms with E-state index in [2.05, 4.69) is 20.3 Å². The SMILES string of the molecule is CC(C)C(=O)N1CCC(Oc2nc3nc(NCc4c(F)cccc4F)c(Cl)cc3[nH]2)CC1. The van der Waals surface area contributed by atoms with Gasteiger partial charge in [-0.1, -0.05) is 31.5 Å². The second-order valence-corrected chi connectivity index (χ2v) is 8.49. The van der Waals surface area contributed by atoms with Gasteiger partial charge in [0.05, 0.1) is 10.5 Å². The van der Waals surface area contributed by atoms with Crippen molar-refractivity contribution in [2.45, 2.75) is 39.3 Å². The molecule has 1 fully saturated rings. The van der Waals surface area contributed by atoms with Gasteiger partial charge in [-0.2, -0.15) is 4.98 Å². The number of nitrogens with one attached hydrogen (secondary N) is 2. The van der Waals surface area contributed by atoms with Crippen molar-refractivity contribution in [3.63, 3.8) is 0 Å². The maximum atomic E-state index is 13.9. The van der Waals surface area contributed by atoms with E-state index in [1.165, 1.54) is 18.2 Å². The molecule has 2 N–H and O–H groups in total. The summed E-state index contributed by atoms with van der Waals surface area (Å²) in [6.07, 6.45) is 1.36. The lowest BCUT2D eigenvalue weighted by Gasteiger charge is -2.32. The maximum Gasteiger partial charge on any atom is 0.296 e. The van der Waals surface area contributed by atoms with E-state index in [9.17, 15) is 13.6 Å². The number of likely N-dealkylation sites (tertiary alicyclic amines) is 1. The molecule has 1 aromatic carbocycles. The number of H-pyrrole nitrogens is 1. The third-order valence-electron chi connectivity index (χ3n) is 5.43. The van der Waals surface area contributed by atoms with Crippen molar-refractivity contribution in [2.24, 2.45) is 5.92 Å². The molecular weight excluding hydrogens is 440 g/mol. The summed E-state index contributed by atoms with van der Waals surface area (Å²) in [5.74, 6) is -0.893. The van der Waals surface area contributed by atoms with Gasteiger partial charge in [0, 0.05) is 44.0 Å². The first-order valence-electron chi connectivity index (χ1n) is 10.5. The lowest BCUT2D eigenvalue weighted by Crippen LogP contribution is -2.43. The Labute approximate surface area is 189 Å². The van der Waals surface area contributed by atoms with Gasteiger partial charge in [-0.3, -0.25) is 4.79 Å². The zero-order valence-corrected chi connectivity index (χ0v) is 18.5. The van der Waals surface area contributed by atoms with E-state index in [4.69, 9.17) is 16.3 Å². The van der Waals surface area contributed by atoms with Gasteiger partial charge in [0.2, 0.25) is 5.91 Å². The molecule has 1 aliphatic rings. The van der Waals surface area contributed by atoms with Gasteiger partial charge >= 0.3 is 0 Å². The minimum absolute atomic E-state index is 0.0173. The van der Waals surface area contributed by atoms with Crippen LogP contribution in [0.1, 0.15) is 32.3 Å². The minimum atomic E-state index is -0.647. The van der Waals surface area contributed by atoms with Crippen LogP contribution in [0.5, 0.6) is 6.01 Å². The molecule has 10 heteroatoms. The number of aromatic nitrogens is 3. The highest BCUT2D eigenvalue weighted by Crippen LogP contribution is 2.27. The van der Waals surface area contributed by atoms with Gasteiger partial charge in [0.1, 0.15) is 23.6 Å². The summed E-state index contributed by atoms with van der Waals surface area (Å²) in [6, 6.07) is 5.64. The molecule has 0 unspecified atom stereocenters. The van der Waals surface area contributed by atoms with Crippen LogP contribution in [0.3, 0.4) is 0 Å². The highest BCUT2D eigenvalue weighted by molar-refractivity contribution is 6.33. The smallest absolute Gasteiger partial charge is 0.296 e. The van der Waals surface area contributed by atoms with Crippen LogP contribution < -0.4 is 10.1 Å². The molecule has 1 amide bonds. The van der Waals surface area contributed by atoms with E-state index in [0.29, 0.717) is 43.1 Å². The van der Waals surface area contributed by atoms with E-state index >= 15 is 0 Å². The number of carbonyl (C=O) groups excluding carboxylic acids is 1. The monoisotopic (exact) mass is 463 g/mol. The Morgan fingerprint density at radius 1 is 1.28 bits per heavy atom. The molecule has 3 aromatic rings. The van der Waals surface area contributed by atoms with Gasteiger partial charge in [-0.05, 0) is 18.2 Å². The predicted molar refractivity (Wildman–Crippen MR) is 118 cm³/mol. The van der Waals surface area contributed by atoms with E-state index in [1.54, 1.807) is 6.07 Å². The van der Waals surface area contributed by atoms with Gasteiger partial charge in [-0.25, -0.2) is 13.8 Å². The van der Waals surface area contributed by atoms with Crippen LogP contribution in [0.2, 0.25) is 5.02 Å². The second kappa shape index (κ2) is 9.28. The molecule has 0 atom stereocenters. The number of anilines is 1. The maximum absolute atomic E-state index is 13.9. The van der Waals surface area contributed by atoms with Gasteiger partial charge in [0.25, 0.3) is 6.01 Å². The molecule has 32 heavy (non-hydrogen) atoms. The Morgan fingerprint density at radius 3 is 2.62 bits per heavy atom. The highest BCUT2D eigenvalue weighted by atomic mass is 35.5. The van der Waals surface area contributed by atoms with E-state index in [0.717, 1.165) is 0 Å². The third-order valence-corrected chi connectivity index (χ3v) is 5.71. The molecule has 1 aliphatic heterocycles. The van der Waals surface area contributed by atoms with Gasteiger partial charge in [0.15, 0.2) is 5.65 Å². The number of benzene rings is 1. The molecule has 0 bridgehead atoms. The molecule has 0 radical (unpaired) electrons. The number of hydrogen-bond donors (Lipinski definition) is 2. The van der Waals surface area contributed by atoms with Gasteiger partial charge in [-0.15, -0.1) is 0 Å². The number of imidazole rings is 1. The van der Waals surface area contributed by atoms with Crippen LogP contribution in [-0.4, -0.2) is 45.0 Å². The fourth-order valence-corrected chi connectivity index (χ4v) is 3.88. The number of fused-ring (bicyclic) bond motifs is 1. The van der Waals surface area contributed by atoms with Gasteiger partial charge < -0.3 is 19.9 Å². The standard InChI is InChI=1S/C22H24ClF2N5O2/c1-12(2)21(31)30-8-6-13(7-9-30)32-22-27-18-10-15(23)19(28-20(18)29-22)26-11-14-16(24)4-3-5-17(14)25/h3-5,10,12-13H,6-9,11H2,1-2H3,(H2,26,27,28,29). The predicted octanol–water partition coefficient (Wildman–Crippen LogP) is 4.53. The fourth-order valence-electron chi connectivity index (χ4n) is 3.67. The average Bonchev–Trinajstić information content (AvgIpc) is 3.14. The van der Waals surface area contributed by atoms with E-state index in [1.807, 2.05) is 18.7 Å². The molecular formula is C22H24ClF2N5O2. The van der Waals surface area contributed by atoms with Crippen molar-refractivity contribution in [3.8, 4) is 6.01 Å². The Morgan fingerprint density at radius 2 is 1.97 bits per heavy atom. The first-order chi connectivity index (χ1) is 15.3. The fraction of sp³-hybridized carbons (Fsp3) is 0.409. The van der Waals surface area contributed by atoms with Crippen LogP contribution in [-0.2, 0) is 11.3 Å². The molecule has 7 nitrogen and oxygen atoms in total. The largest absolute Gasteiger partial charge is 0.461 e. The number of ether oxygens (including phenoxy) is 1. The number of halogens is 3. The average molecular weight is 464 g/mol. The van der Waals surface area contributed by atoms with E-state index in [-0.39, 0.29) is 40.9 Å². The van der Waals surface area contributed by atoms with Crippen molar-refractivity contribution in [3.05, 3.63) is 46.5 Å². The molecule has 4 rings (SSSR count). The van der Waals surface area contributed by atoms with Crippen LogP contribution in [0.25, 0.3) is 11.2 Å². The van der Waals surface area contributed by atoms with Crippen molar-refractivity contribution < 1.29 is 18.3 Å². The minimum Gasteiger partial charge on any atom is -0.461 e. The van der Waals surface area contributed by atoms with Crippen LogP contribution in [0.4, 0.5) is 14.6 Å². The lowest BCUT2D eigenvalue weighted by atomic mass is 10.1. The number of nitrogens with zero attached hydrogens (tertiary/aromatic N) is 3. The molecule has 1 saturated heterocycles. The van der Waals surface area contributed by atoms with Crippen LogP contribution in [0.15, 0.2) is 24.3 Å². The lowest BCUT2D eigenvalue weighted by molar-refractivity contribution is -0.136. The topological polar surface area (TPSA) is 83.1 Å². The number of rotatable bonds is 6. The van der Waals surface area contributed by atoms with Crippen molar-refractivity contribution >= 4 is 34.5 Å². The number of aromatic amines is 1. The summed E-state index contributed by atoms with van der Waals surface area (Å²) in [6.45, 7) is 4.97. The number of amides is 1. The number of pyridine rings is 1. The molecule has 2 aromatic heterocycles. The number of hydrogen-bond acceptors (Lipinski definition) is 5. The third kappa shape index (κ3) is 4.77. The molecule has 0 spiro atoms. The summed E-state index contributed by atoms with van der Waals surface area (Å²) in [4.78, 5) is 25.8. The van der Waals surface area contributed by atoms with Crippen LogP contribution in [0, 0.1) is 17.6 Å². The Balaban J connectivity index is 1.42. The Kier molecular flexibility index (Phi) is 6.45. The summed E-state index contributed by atoms with van der Waals surface area (Å²) >= 11 is 6.28. The Bertz CT molecular complexity index is 1110. The molecule has 0 saturated carbocycles. The molecule has 170 valence electrons. The normalized spacial score (nSPS) is 14.9. The highest BCUT2D eigenvalue weighted by Gasteiger charge is 2.26. The summed E-state index contributed by atoms with van der Waals surface area (Å²) in [5, 5.41) is 3.15. The summed E-state index contributed by atoms with van der Waals surface area (Å²) in [7, 11) is 0. The van der Waals surface area contributed by atoms with Crippen LogP contribution >= 0.6 is 11.6 Å². The molecule has 0 aliphatic carbocycles. The first kappa shape index (κ1) is 22.3. The quantitative estimate of drug-likeness (QED) is 0.561. The summed E-state index contributed by atoms with van der Waals surface area (Å²) in [5.41, 5.74) is 0.854. The zero-order chi connectivity index (χ0) is 22.8. The first-order valence-corrected chi connectivity index (χ1v) is 10.9. The van der Waals surface area contributed by atoms with E-state index < -0.39 is 11.6 Å². The summed E-state index contributed by atoms with van der Waals surface area (Å²) < 4.78 is 33.7. The second-order valence-electron chi connectivity index (χ2n) is 8.08. The zero-order valence-electron chi connectivity index (χ0n) is 17.8.